The molecule has 2 heterocycles. The molecule has 1 amide bonds. The fourth-order valence-electron chi connectivity index (χ4n) is 2.61. The minimum Gasteiger partial charge on any atom is -0.307 e. The van der Waals surface area contributed by atoms with Gasteiger partial charge in [0.1, 0.15) is 5.69 Å². The first kappa shape index (κ1) is 14.6. The Morgan fingerprint density at radius 2 is 2.00 bits per heavy atom. The highest BCUT2D eigenvalue weighted by molar-refractivity contribution is 6.05. The topological polar surface area (TPSA) is 33.2 Å². The van der Waals surface area contributed by atoms with Crippen molar-refractivity contribution in [1.29, 1.82) is 0 Å². The highest BCUT2D eigenvalue weighted by Gasteiger charge is 2.32. The van der Waals surface area contributed by atoms with Gasteiger partial charge in [-0.25, -0.2) is 0 Å². The fraction of sp³-hybridized carbons (Fsp3) is 0.250. The number of aromatic nitrogens is 1. The van der Waals surface area contributed by atoms with Crippen molar-refractivity contribution < 1.29 is 18.0 Å². The van der Waals surface area contributed by atoms with E-state index in [1.807, 2.05) is 0 Å². The van der Waals surface area contributed by atoms with Crippen molar-refractivity contribution in [2.75, 3.05) is 11.4 Å². The van der Waals surface area contributed by atoms with Crippen LogP contribution >= 0.6 is 0 Å². The Labute approximate surface area is 125 Å². The standard InChI is InChI=1S/C16H13F3N2O/c17-16(18,19)12-6-7-14-11(10-12)4-3-9-21(14)15(22)13-5-1-2-8-20-13/h1-2,5-8,10H,3-4,9H2. The lowest BCUT2D eigenvalue weighted by atomic mass is 9.98. The maximum absolute atomic E-state index is 12.8. The van der Waals surface area contributed by atoms with Crippen LogP contribution in [0.25, 0.3) is 0 Å². The van der Waals surface area contributed by atoms with Crippen molar-refractivity contribution in [2.45, 2.75) is 19.0 Å². The maximum Gasteiger partial charge on any atom is 0.416 e. The summed E-state index contributed by atoms with van der Waals surface area (Å²) >= 11 is 0. The van der Waals surface area contributed by atoms with Gasteiger partial charge in [-0.05, 0) is 48.7 Å². The Bertz CT molecular complexity index is 698. The average molecular weight is 306 g/mol. The van der Waals surface area contributed by atoms with Crippen LogP contribution in [0.3, 0.4) is 0 Å². The number of amides is 1. The number of fused-ring (bicyclic) bond motifs is 1. The Morgan fingerprint density at radius 1 is 1.18 bits per heavy atom. The summed E-state index contributed by atoms with van der Waals surface area (Å²) in [6.45, 7) is 0.480. The molecule has 0 aliphatic carbocycles. The van der Waals surface area contributed by atoms with Gasteiger partial charge in [0.15, 0.2) is 0 Å². The van der Waals surface area contributed by atoms with E-state index in [2.05, 4.69) is 4.98 Å². The van der Waals surface area contributed by atoms with E-state index in [9.17, 15) is 18.0 Å². The van der Waals surface area contributed by atoms with E-state index in [-0.39, 0.29) is 11.6 Å². The van der Waals surface area contributed by atoms with Gasteiger partial charge >= 0.3 is 6.18 Å². The zero-order chi connectivity index (χ0) is 15.7. The van der Waals surface area contributed by atoms with Gasteiger partial charge in [0.05, 0.1) is 5.56 Å². The number of carbonyl (C=O) groups excluding carboxylic acids is 1. The third-order valence-electron chi connectivity index (χ3n) is 3.65. The van der Waals surface area contributed by atoms with Crippen LogP contribution in [-0.4, -0.2) is 17.4 Å². The second kappa shape index (κ2) is 5.44. The molecule has 114 valence electrons. The van der Waals surface area contributed by atoms with Crippen molar-refractivity contribution in [3.63, 3.8) is 0 Å². The second-order valence-corrected chi connectivity index (χ2v) is 5.12. The van der Waals surface area contributed by atoms with Gasteiger partial charge in [-0.3, -0.25) is 9.78 Å². The van der Waals surface area contributed by atoms with Crippen LogP contribution in [0, 0.1) is 0 Å². The van der Waals surface area contributed by atoms with Crippen molar-refractivity contribution in [3.05, 3.63) is 59.4 Å². The average Bonchev–Trinajstić information content (AvgIpc) is 2.53. The lowest BCUT2D eigenvalue weighted by Crippen LogP contribution is -2.36. The highest BCUT2D eigenvalue weighted by Crippen LogP contribution is 2.35. The molecule has 3 nitrogen and oxygen atoms in total. The first-order valence-electron chi connectivity index (χ1n) is 6.90. The Morgan fingerprint density at radius 3 is 2.68 bits per heavy atom. The molecule has 0 saturated carbocycles. The van der Waals surface area contributed by atoms with Crippen LogP contribution in [0.15, 0.2) is 42.6 Å². The summed E-state index contributed by atoms with van der Waals surface area (Å²) in [7, 11) is 0. The van der Waals surface area contributed by atoms with E-state index >= 15 is 0 Å². The number of hydrogen-bond donors (Lipinski definition) is 0. The predicted molar refractivity (Wildman–Crippen MR) is 75.7 cm³/mol. The summed E-state index contributed by atoms with van der Waals surface area (Å²) in [4.78, 5) is 18.0. The molecule has 1 aliphatic heterocycles. The van der Waals surface area contributed by atoms with Crippen LogP contribution in [-0.2, 0) is 12.6 Å². The van der Waals surface area contributed by atoms with E-state index in [1.165, 1.54) is 17.2 Å². The summed E-state index contributed by atoms with van der Waals surface area (Å²) in [5.41, 5.74) is 0.689. The minimum atomic E-state index is -4.37. The van der Waals surface area contributed by atoms with Gasteiger partial charge in [-0.15, -0.1) is 0 Å². The molecule has 22 heavy (non-hydrogen) atoms. The van der Waals surface area contributed by atoms with Crippen LogP contribution in [0.4, 0.5) is 18.9 Å². The lowest BCUT2D eigenvalue weighted by Gasteiger charge is -2.29. The van der Waals surface area contributed by atoms with Gasteiger partial charge in [0, 0.05) is 18.4 Å². The Hall–Kier alpha value is -2.37. The van der Waals surface area contributed by atoms with E-state index in [4.69, 9.17) is 0 Å². The quantitative estimate of drug-likeness (QED) is 0.805. The van der Waals surface area contributed by atoms with Crippen LogP contribution in [0.2, 0.25) is 0 Å². The highest BCUT2D eigenvalue weighted by atomic mass is 19.4. The van der Waals surface area contributed by atoms with E-state index in [0.717, 1.165) is 12.1 Å². The van der Waals surface area contributed by atoms with Crippen LogP contribution in [0.5, 0.6) is 0 Å². The summed E-state index contributed by atoms with van der Waals surface area (Å²) in [6, 6.07) is 8.53. The first-order valence-corrected chi connectivity index (χ1v) is 6.90. The number of rotatable bonds is 1. The molecule has 6 heteroatoms. The van der Waals surface area contributed by atoms with Gasteiger partial charge < -0.3 is 4.90 Å². The van der Waals surface area contributed by atoms with Crippen LogP contribution < -0.4 is 4.90 Å². The monoisotopic (exact) mass is 306 g/mol. The Kier molecular flexibility index (Phi) is 3.60. The molecule has 0 N–H and O–H groups in total. The fourth-order valence-corrected chi connectivity index (χ4v) is 2.61. The molecule has 2 aromatic rings. The number of carbonyl (C=O) groups is 1. The number of aryl methyl sites for hydroxylation is 1. The summed E-state index contributed by atoms with van der Waals surface area (Å²) in [5, 5.41) is 0. The summed E-state index contributed by atoms with van der Waals surface area (Å²) < 4.78 is 38.4. The summed E-state index contributed by atoms with van der Waals surface area (Å²) in [5.74, 6) is -0.290. The molecular weight excluding hydrogens is 293 g/mol. The maximum atomic E-state index is 12.8. The van der Waals surface area contributed by atoms with Crippen molar-refractivity contribution >= 4 is 11.6 Å². The largest absolute Gasteiger partial charge is 0.416 e. The molecule has 0 spiro atoms. The molecule has 0 saturated heterocycles. The molecule has 0 bridgehead atoms. The van der Waals surface area contributed by atoms with E-state index < -0.39 is 11.7 Å². The van der Waals surface area contributed by atoms with Gasteiger partial charge in [0.25, 0.3) is 5.91 Å². The molecule has 0 atom stereocenters. The number of anilines is 1. The number of alkyl halides is 3. The zero-order valence-corrected chi connectivity index (χ0v) is 11.6. The lowest BCUT2D eigenvalue weighted by molar-refractivity contribution is -0.137. The van der Waals surface area contributed by atoms with Gasteiger partial charge in [-0.2, -0.15) is 13.2 Å². The minimum absolute atomic E-state index is 0.287. The third-order valence-corrected chi connectivity index (χ3v) is 3.65. The predicted octanol–water partition coefficient (Wildman–Crippen LogP) is 3.69. The molecule has 3 rings (SSSR count). The number of halogens is 3. The smallest absolute Gasteiger partial charge is 0.307 e. The molecule has 0 fully saturated rings. The van der Waals surface area contributed by atoms with E-state index in [0.29, 0.717) is 30.6 Å². The molecule has 1 aromatic carbocycles. The molecule has 0 radical (unpaired) electrons. The molecule has 1 aliphatic rings. The number of pyridine rings is 1. The van der Waals surface area contributed by atoms with Gasteiger partial charge in [0.2, 0.25) is 0 Å². The number of hydrogen-bond acceptors (Lipinski definition) is 2. The Balaban J connectivity index is 1.97. The van der Waals surface area contributed by atoms with Crippen molar-refractivity contribution in [3.8, 4) is 0 Å². The normalized spacial score (nSPS) is 14.6. The second-order valence-electron chi connectivity index (χ2n) is 5.12. The summed E-state index contributed by atoms with van der Waals surface area (Å²) in [6.07, 6.45) is -1.69. The van der Waals surface area contributed by atoms with E-state index in [1.54, 1.807) is 18.2 Å². The number of nitrogens with zero attached hydrogens (tertiary/aromatic N) is 2. The van der Waals surface area contributed by atoms with Crippen LogP contribution in [0.1, 0.15) is 28.0 Å². The number of benzene rings is 1. The van der Waals surface area contributed by atoms with Crippen molar-refractivity contribution in [2.24, 2.45) is 0 Å². The zero-order valence-electron chi connectivity index (χ0n) is 11.6. The third kappa shape index (κ3) is 2.68. The molecular formula is C16H13F3N2O. The van der Waals surface area contributed by atoms with Crippen molar-refractivity contribution in [1.82, 2.24) is 4.98 Å². The SMILES string of the molecule is O=C(c1ccccn1)N1CCCc2cc(C(F)(F)F)ccc21. The van der Waals surface area contributed by atoms with Gasteiger partial charge in [-0.1, -0.05) is 6.07 Å². The molecule has 1 aromatic heterocycles. The first-order chi connectivity index (χ1) is 10.5. The molecule has 0 unspecified atom stereocenters.